The summed E-state index contributed by atoms with van der Waals surface area (Å²) in [5.41, 5.74) is 2.05. The number of aromatic nitrogens is 2. The van der Waals surface area contributed by atoms with E-state index in [4.69, 9.17) is 17.0 Å². The maximum Gasteiger partial charge on any atom is 0.258 e. The van der Waals surface area contributed by atoms with Gasteiger partial charge in [0.2, 0.25) is 5.88 Å². The van der Waals surface area contributed by atoms with Gasteiger partial charge in [0.25, 0.3) is 5.91 Å². The van der Waals surface area contributed by atoms with E-state index in [0.717, 1.165) is 5.56 Å². The van der Waals surface area contributed by atoms with Crippen molar-refractivity contribution in [3.05, 3.63) is 82.8 Å². The number of ether oxygens (including phenoxy) is 1. The van der Waals surface area contributed by atoms with Crippen molar-refractivity contribution in [3.8, 4) is 5.88 Å². The number of aromatic amines is 1. The Morgan fingerprint density at radius 1 is 1.12 bits per heavy atom. The Balaban J connectivity index is 1.61. The van der Waals surface area contributed by atoms with Crippen molar-refractivity contribution in [1.29, 1.82) is 0 Å². The molecule has 0 aliphatic heterocycles. The quantitative estimate of drug-likeness (QED) is 0.691. The average molecular weight is 337 g/mol. The van der Waals surface area contributed by atoms with Gasteiger partial charge in [0.05, 0.1) is 17.4 Å². The molecule has 3 aromatic rings. The summed E-state index contributed by atoms with van der Waals surface area (Å²) >= 11 is 5.09. The number of benzene rings is 1. The monoisotopic (exact) mass is 337 g/mol. The Bertz CT molecular complexity index is 877. The van der Waals surface area contributed by atoms with Gasteiger partial charge in [-0.25, -0.2) is 4.98 Å². The summed E-state index contributed by atoms with van der Waals surface area (Å²) in [5, 5.41) is 2.76. The number of pyridine rings is 2. The number of nitrogens with one attached hydrogen (secondary N) is 2. The van der Waals surface area contributed by atoms with E-state index in [-0.39, 0.29) is 5.91 Å². The zero-order valence-corrected chi connectivity index (χ0v) is 13.5. The third kappa shape index (κ3) is 4.05. The van der Waals surface area contributed by atoms with E-state index in [1.54, 1.807) is 36.7 Å². The molecule has 0 saturated heterocycles. The van der Waals surface area contributed by atoms with Gasteiger partial charge < -0.3 is 15.0 Å². The molecule has 0 bridgehead atoms. The molecule has 1 amide bonds. The summed E-state index contributed by atoms with van der Waals surface area (Å²) in [5.74, 6) is 0.213. The molecule has 0 aliphatic carbocycles. The molecule has 2 N–H and O–H groups in total. The molecule has 6 heteroatoms. The van der Waals surface area contributed by atoms with Gasteiger partial charge in [-0.15, -0.1) is 0 Å². The molecule has 0 saturated carbocycles. The first-order chi connectivity index (χ1) is 11.7. The standard InChI is InChI=1S/C18H15N3O2S/c22-17(15-7-4-10-19-18(15)24)21-14-8-9-16(20-11-14)23-12-13-5-2-1-3-6-13/h1-11H,12H2,(H,19,24)(H,21,22). The number of carbonyl (C=O) groups is 1. The molecule has 0 atom stereocenters. The molecule has 120 valence electrons. The van der Waals surface area contributed by atoms with Crippen molar-refractivity contribution < 1.29 is 9.53 Å². The van der Waals surface area contributed by atoms with Gasteiger partial charge >= 0.3 is 0 Å². The average Bonchev–Trinajstić information content (AvgIpc) is 2.62. The largest absolute Gasteiger partial charge is 0.473 e. The minimum absolute atomic E-state index is 0.281. The van der Waals surface area contributed by atoms with Gasteiger partial charge in [0.1, 0.15) is 11.2 Å². The molecule has 3 rings (SSSR count). The van der Waals surface area contributed by atoms with E-state index in [1.165, 1.54) is 0 Å². The summed E-state index contributed by atoms with van der Waals surface area (Å²) in [6.45, 7) is 0.443. The Kier molecular flexibility index (Phi) is 4.98. The van der Waals surface area contributed by atoms with Gasteiger partial charge in [-0.05, 0) is 23.8 Å². The van der Waals surface area contributed by atoms with Crippen LogP contribution in [0.25, 0.3) is 0 Å². The van der Waals surface area contributed by atoms with E-state index < -0.39 is 0 Å². The smallest absolute Gasteiger partial charge is 0.258 e. The van der Waals surface area contributed by atoms with E-state index in [9.17, 15) is 4.79 Å². The SMILES string of the molecule is O=C(Nc1ccc(OCc2ccccc2)nc1)c1ccc[nH]c1=S. The van der Waals surface area contributed by atoms with Gasteiger partial charge in [-0.3, -0.25) is 4.79 Å². The third-order valence-electron chi connectivity index (χ3n) is 3.29. The van der Waals surface area contributed by atoms with Crippen LogP contribution >= 0.6 is 12.2 Å². The highest BCUT2D eigenvalue weighted by molar-refractivity contribution is 7.71. The van der Waals surface area contributed by atoms with Gasteiger partial charge in [-0.2, -0.15) is 0 Å². The van der Waals surface area contributed by atoms with Crippen LogP contribution in [0.4, 0.5) is 5.69 Å². The maximum atomic E-state index is 12.2. The zero-order valence-electron chi connectivity index (χ0n) is 12.7. The highest BCUT2D eigenvalue weighted by atomic mass is 32.1. The van der Waals surface area contributed by atoms with Crippen LogP contribution in [0.5, 0.6) is 5.88 Å². The highest BCUT2D eigenvalue weighted by Crippen LogP contribution is 2.14. The summed E-state index contributed by atoms with van der Waals surface area (Å²) in [6.07, 6.45) is 3.23. The number of anilines is 1. The molecule has 0 unspecified atom stereocenters. The topological polar surface area (TPSA) is 67.0 Å². The molecular weight excluding hydrogens is 322 g/mol. The minimum Gasteiger partial charge on any atom is -0.473 e. The molecule has 5 nitrogen and oxygen atoms in total. The Morgan fingerprint density at radius 3 is 2.67 bits per heavy atom. The van der Waals surface area contributed by atoms with Crippen LogP contribution in [0, 0.1) is 4.64 Å². The summed E-state index contributed by atoms with van der Waals surface area (Å²) in [4.78, 5) is 19.2. The lowest BCUT2D eigenvalue weighted by Gasteiger charge is -2.07. The van der Waals surface area contributed by atoms with Crippen molar-refractivity contribution in [2.45, 2.75) is 6.61 Å². The van der Waals surface area contributed by atoms with Crippen LogP contribution in [-0.2, 0) is 6.61 Å². The molecule has 0 spiro atoms. The predicted octanol–water partition coefficient (Wildman–Crippen LogP) is 3.97. The maximum absolute atomic E-state index is 12.2. The Morgan fingerprint density at radius 2 is 1.96 bits per heavy atom. The third-order valence-corrected chi connectivity index (χ3v) is 3.62. The molecule has 0 aliphatic rings. The number of nitrogens with zero attached hydrogens (tertiary/aromatic N) is 1. The van der Waals surface area contributed by atoms with Crippen molar-refractivity contribution in [1.82, 2.24) is 9.97 Å². The fraction of sp³-hybridized carbons (Fsp3) is 0.0556. The van der Waals surface area contributed by atoms with Gasteiger partial charge in [0.15, 0.2) is 0 Å². The molecule has 2 heterocycles. The second kappa shape index (κ2) is 7.52. The first-order valence-corrected chi connectivity index (χ1v) is 7.75. The Labute approximate surface area is 144 Å². The number of hydrogen-bond donors (Lipinski definition) is 2. The second-order valence-corrected chi connectivity index (χ2v) is 5.43. The molecule has 24 heavy (non-hydrogen) atoms. The number of carbonyl (C=O) groups excluding carboxylic acids is 1. The predicted molar refractivity (Wildman–Crippen MR) is 94.6 cm³/mol. The first-order valence-electron chi connectivity index (χ1n) is 7.34. The number of hydrogen-bond acceptors (Lipinski definition) is 4. The fourth-order valence-electron chi connectivity index (χ4n) is 2.07. The van der Waals surface area contributed by atoms with Crippen LogP contribution in [0.2, 0.25) is 0 Å². The van der Waals surface area contributed by atoms with Gasteiger partial charge in [0, 0.05) is 12.3 Å². The van der Waals surface area contributed by atoms with Gasteiger partial charge in [-0.1, -0.05) is 42.5 Å². The van der Waals surface area contributed by atoms with Crippen molar-refractivity contribution in [2.75, 3.05) is 5.32 Å². The number of rotatable bonds is 5. The normalized spacial score (nSPS) is 10.2. The summed E-state index contributed by atoms with van der Waals surface area (Å²) in [6, 6.07) is 16.7. The minimum atomic E-state index is -0.281. The molecule has 0 radical (unpaired) electrons. The molecule has 0 fully saturated rings. The zero-order chi connectivity index (χ0) is 16.8. The highest BCUT2D eigenvalue weighted by Gasteiger charge is 2.08. The van der Waals surface area contributed by atoms with Crippen molar-refractivity contribution in [3.63, 3.8) is 0 Å². The van der Waals surface area contributed by atoms with E-state index in [1.807, 2.05) is 30.3 Å². The summed E-state index contributed by atoms with van der Waals surface area (Å²) in [7, 11) is 0. The first kappa shape index (κ1) is 15.9. The van der Waals surface area contributed by atoms with Crippen LogP contribution in [0.3, 0.4) is 0 Å². The Hall–Kier alpha value is -2.99. The van der Waals surface area contributed by atoms with Crippen molar-refractivity contribution >= 4 is 23.8 Å². The number of H-pyrrole nitrogens is 1. The van der Waals surface area contributed by atoms with E-state index in [2.05, 4.69) is 15.3 Å². The van der Waals surface area contributed by atoms with Crippen LogP contribution in [-0.4, -0.2) is 15.9 Å². The lowest BCUT2D eigenvalue weighted by atomic mass is 10.2. The van der Waals surface area contributed by atoms with E-state index >= 15 is 0 Å². The second-order valence-electron chi connectivity index (χ2n) is 5.03. The van der Waals surface area contributed by atoms with Crippen LogP contribution in [0.1, 0.15) is 15.9 Å². The van der Waals surface area contributed by atoms with Crippen LogP contribution in [0.15, 0.2) is 67.0 Å². The lowest BCUT2D eigenvalue weighted by molar-refractivity contribution is 0.102. The van der Waals surface area contributed by atoms with E-state index in [0.29, 0.717) is 28.4 Å². The van der Waals surface area contributed by atoms with Crippen molar-refractivity contribution in [2.24, 2.45) is 0 Å². The molecular formula is C18H15N3O2S. The molecule has 1 aromatic carbocycles. The summed E-state index contributed by atoms with van der Waals surface area (Å²) < 4.78 is 6.00. The fourth-order valence-corrected chi connectivity index (χ4v) is 2.30. The number of amides is 1. The lowest BCUT2D eigenvalue weighted by Crippen LogP contribution is -2.13. The molecule has 2 aromatic heterocycles. The van der Waals surface area contributed by atoms with Crippen LogP contribution < -0.4 is 10.1 Å².